The van der Waals surface area contributed by atoms with Crippen molar-refractivity contribution in [1.29, 1.82) is 0 Å². The fourth-order valence-corrected chi connectivity index (χ4v) is 9.26. The predicted molar refractivity (Wildman–Crippen MR) is 269 cm³/mol. The number of hydrogen-bond acceptors (Lipinski definition) is 2. The number of hydrogen-bond donors (Lipinski definition) is 2. The Hall–Kier alpha value is -6.57. The van der Waals surface area contributed by atoms with Gasteiger partial charge in [0.15, 0.2) is 0 Å². The molecule has 0 radical (unpaired) electrons. The van der Waals surface area contributed by atoms with E-state index in [1.54, 1.807) is 0 Å². The first-order chi connectivity index (χ1) is 29.8. The first-order valence-electron chi connectivity index (χ1n) is 20.8. The quantitative estimate of drug-likeness (QED) is 0.100. The Morgan fingerprint density at radius 1 is 0.443 bits per heavy atom. The van der Waals surface area contributed by atoms with Gasteiger partial charge >= 0.3 is 0 Å². The van der Waals surface area contributed by atoms with E-state index in [0.29, 0.717) is 0 Å². The van der Waals surface area contributed by atoms with Gasteiger partial charge in [0.1, 0.15) is 0 Å². The van der Waals surface area contributed by atoms with Gasteiger partial charge in [0.2, 0.25) is 0 Å². The molecule has 0 saturated heterocycles. The van der Waals surface area contributed by atoms with E-state index in [0.717, 1.165) is 109 Å². The highest BCUT2D eigenvalue weighted by atomic mass is 127. The summed E-state index contributed by atoms with van der Waals surface area (Å²) in [7, 11) is 0. The Bertz CT molecular complexity index is 2880. The Morgan fingerprint density at radius 2 is 0.770 bits per heavy atom. The largest absolute Gasteiger partial charge is 0.354 e. The molecule has 5 heterocycles. The first-order valence-corrected chi connectivity index (χ1v) is 21.9. The van der Waals surface area contributed by atoms with E-state index in [4.69, 9.17) is 9.97 Å². The normalized spacial score (nSPS) is 12.1. The fourth-order valence-electron chi connectivity index (χ4n) is 8.90. The van der Waals surface area contributed by atoms with E-state index in [1.807, 2.05) is 18.2 Å². The third-order valence-corrected chi connectivity index (χ3v) is 12.7. The molecule has 4 aromatic carbocycles. The van der Waals surface area contributed by atoms with E-state index < -0.39 is 0 Å². The minimum atomic E-state index is -0.164. The average molecular weight is 903 g/mol. The lowest BCUT2D eigenvalue weighted by molar-refractivity contribution is 0.442. The number of allylic oxidation sites excluding steroid dienone is 3. The summed E-state index contributed by atoms with van der Waals surface area (Å²) in [6.45, 7) is 16.6. The maximum Gasteiger partial charge on any atom is 0.0738 e. The lowest BCUT2D eigenvalue weighted by Gasteiger charge is -2.32. The van der Waals surface area contributed by atoms with Crippen molar-refractivity contribution in [2.24, 2.45) is 0 Å². The standard InChI is InChI=1S/C56H47IN4/c1-6-33-56(34-7-2,35-8-3)42-21-17-40(18-22-42)54-48-29-25-44(58-48)52(38-13-9-36(4)10-14-38)46-27-31-50(60-46)55(41-19-23-43(57)24-20-41)51-32-28-47(61-51)53(45-26-30-49(54)59-45)39-15-11-37(5)12-16-39/h6-32,60-61H,1-3,33-35H2,4-5H3. The number of aromatic nitrogens is 4. The van der Waals surface area contributed by atoms with Crippen LogP contribution in [0.2, 0.25) is 0 Å². The Labute approximate surface area is 372 Å². The van der Waals surface area contributed by atoms with Crippen molar-refractivity contribution >= 4 is 69.0 Å². The van der Waals surface area contributed by atoms with Crippen LogP contribution in [0.25, 0.3) is 90.9 Å². The molecular formula is C56H47IN4. The Kier molecular flexibility index (Phi) is 11.0. The number of aryl methyl sites for hydroxylation is 2. The predicted octanol–water partition coefficient (Wildman–Crippen LogP) is 15.5. The second kappa shape index (κ2) is 16.8. The van der Waals surface area contributed by atoms with Gasteiger partial charge in [-0.1, -0.05) is 114 Å². The van der Waals surface area contributed by atoms with Gasteiger partial charge in [0.05, 0.1) is 22.8 Å². The highest BCUT2D eigenvalue weighted by Crippen LogP contribution is 2.41. The molecule has 2 aliphatic rings. The first kappa shape index (κ1) is 39.9. The molecule has 5 heteroatoms. The van der Waals surface area contributed by atoms with Crippen molar-refractivity contribution < 1.29 is 0 Å². The van der Waals surface area contributed by atoms with Crippen LogP contribution >= 0.6 is 22.6 Å². The molecule has 0 aliphatic carbocycles. The number of rotatable bonds is 11. The molecular weight excluding hydrogens is 856 g/mol. The molecule has 9 rings (SSSR count). The van der Waals surface area contributed by atoms with Crippen molar-refractivity contribution in [1.82, 2.24) is 19.9 Å². The third kappa shape index (κ3) is 7.71. The van der Waals surface area contributed by atoms with Crippen molar-refractivity contribution in [3.05, 3.63) is 202 Å². The maximum atomic E-state index is 5.50. The van der Waals surface area contributed by atoms with Crippen LogP contribution in [0.4, 0.5) is 0 Å². The highest BCUT2D eigenvalue weighted by molar-refractivity contribution is 14.1. The van der Waals surface area contributed by atoms with Gasteiger partial charge in [-0.25, -0.2) is 9.97 Å². The molecule has 61 heavy (non-hydrogen) atoms. The molecule has 0 saturated carbocycles. The summed E-state index contributed by atoms with van der Waals surface area (Å²) in [6.07, 6.45) is 17.1. The van der Waals surface area contributed by atoms with Crippen molar-refractivity contribution in [3.8, 4) is 44.5 Å². The molecule has 2 aliphatic heterocycles. The smallest absolute Gasteiger partial charge is 0.0738 e. The molecule has 8 bridgehead atoms. The topological polar surface area (TPSA) is 57.4 Å². The lowest BCUT2D eigenvalue weighted by Crippen LogP contribution is -2.24. The third-order valence-electron chi connectivity index (χ3n) is 12.0. The molecule has 0 spiro atoms. The van der Waals surface area contributed by atoms with Crippen LogP contribution in [0, 0.1) is 17.4 Å². The Balaban J connectivity index is 1.40. The zero-order valence-corrected chi connectivity index (χ0v) is 36.8. The highest BCUT2D eigenvalue weighted by Gasteiger charge is 2.29. The van der Waals surface area contributed by atoms with Crippen LogP contribution in [0.5, 0.6) is 0 Å². The van der Waals surface area contributed by atoms with Crippen LogP contribution < -0.4 is 0 Å². The summed E-state index contributed by atoms with van der Waals surface area (Å²) >= 11 is 2.37. The molecule has 0 unspecified atom stereocenters. The lowest BCUT2D eigenvalue weighted by atomic mass is 9.72. The fraction of sp³-hybridized carbons (Fsp3) is 0.107. The minimum absolute atomic E-state index is 0.164. The molecule has 0 amide bonds. The molecule has 4 nitrogen and oxygen atoms in total. The summed E-state index contributed by atoms with van der Waals surface area (Å²) in [5.41, 5.74) is 19.4. The number of aromatic amines is 2. The molecule has 3 aromatic heterocycles. The molecule has 0 atom stereocenters. The van der Waals surface area contributed by atoms with E-state index in [2.05, 4.69) is 212 Å². The summed E-state index contributed by atoms with van der Waals surface area (Å²) in [6, 6.07) is 43.9. The second-order valence-electron chi connectivity index (χ2n) is 16.1. The van der Waals surface area contributed by atoms with Gasteiger partial charge < -0.3 is 9.97 Å². The Morgan fingerprint density at radius 3 is 1.18 bits per heavy atom. The van der Waals surface area contributed by atoms with Crippen molar-refractivity contribution in [3.63, 3.8) is 0 Å². The van der Waals surface area contributed by atoms with Crippen LogP contribution in [0.15, 0.2) is 159 Å². The molecule has 2 N–H and O–H groups in total. The second-order valence-corrected chi connectivity index (χ2v) is 17.3. The van der Waals surface area contributed by atoms with Crippen LogP contribution in [0.3, 0.4) is 0 Å². The molecule has 298 valence electrons. The van der Waals surface area contributed by atoms with Gasteiger partial charge in [-0.05, 0) is 144 Å². The van der Waals surface area contributed by atoms with Crippen LogP contribution in [-0.2, 0) is 5.41 Å². The maximum absolute atomic E-state index is 5.50. The van der Waals surface area contributed by atoms with E-state index in [-0.39, 0.29) is 5.41 Å². The zero-order chi connectivity index (χ0) is 42.1. The minimum Gasteiger partial charge on any atom is -0.354 e. The van der Waals surface area contributed by atoms with Gasteiger partial charge in [0.25, 0.3) is 0 Å². The number of fused-ring (bicyclic) bond motifs is 8. The van der Waals surface area contributed by atoms with Crippen LogP contribution in [0.1, 0.15) is 58.7 Å². The summed E-state index contributed by atoms with van der Waals surface area (Å²) in [5.74, 6) is 0. The number of nitrogens with one attached hydrogen (secondary N) is 2. The van der Waals surface area contributed by atoms with Crippen molar-refractivity contribution in [2.45, 2.75) is 38.5 Å². The average Bonchev–Trinajstić information content (AvgIpc) is 4.12. The molecule has 7 aromatic rings. The van der Waals surface area contributed by atoms with E-state index in [9.17, 15) is 0 Å². The number of halogens is 1. The summed E-state index contributed by atoms with van der Waals surface area (Å²) in [5, 5.41) is 0. The van der Waals surface area contributed by atoms with Gasteiger partial charge in [0, 0.05) is 53.3 Å². The SMILES string of the molecule is C=CCC(CC=C)(CC=C)c1ccc(-c2c3nc(c(-c4ccc(C)cc4)c4ccc([nH]4)c(-c4ccc(I)cc4)c4ccc([nH]4)c(-c4ccc(C)cc4)c4nc2C=C4)C=C3)cc1. The summed E-state index contributed by atoms with van der Waals surface area (Å²) in [4.78, 5) is 18.8. The van der Waals surface area contributed by atoms with Gasteiger partial charge in [-0.15, -0.1) is 19.7 Å². The number of H-pyrrole nitrogens is 2. The van der Waals surface area contributed by atoms with Crippen LogP contribution in [-0.4, -0.2) is 19.9 Å². The van der Waals surface area contributed by atoms with Gasteiger partial charge in [-0.2, -0.15) is 0 Å². The number of benzene rings is 4. The summed E-state index contributed by atoms with van der Waals surface area (Å²) < 4.78 is 1.18. The van der Waals surface area contributed by atoms with Crippen molar-refractivity contribution in [2.75, 3.05) is 0 Å². The zero-order valence-electron chi connectivity index (χ0n) is 34.6. The van der Waals surface area contributed by atoms with E-state index in [1.165, 1.54) is 20.3 Å². The molecule has 0 fully saturated rings. The van der Waals surface area contributed by atoms with E-state index >= 15 is 0 Å². The monoisotopic (exact) mass is 902 g/mol. The number of nitrogens with zero attached hydrogens (tertiary/aromatic N) is 2. The van der Waals surface area contributed by atoms with Gasteiger partial charge in [-0.3, -0.25) is 0 Å².